The van der Waals surface area contributed by atoms with Gasteiger partial charge in [-0.3, -0.25) is 0 Å². The molecule has 0 aliphatic rings. The highest BCUT2D eigenvalue weighted by molar-refractivity contribution is 7.80. The molecule has 0 heterocycles. The number of thiocarbonyl (C=S) groups is 1. The van der Waals surface area contributed by atoms with Crippen molar-refractivity contribution in [2.75, 3.05) is 6.61 Å². The monoisotopic (exact) mass is 225 g/mol. The zero-order chi connectivity index (χ0) is 11.1. The van der Waals surface area contributed by atoms with Crippen LogP contribution in [0.1, 0.15) is 18.4 Å². The maximum absolute atomic E-state index is 8.83. The zero-order valence-electron chi connectivity index (χ0n) is 8.48. The molecule has 0 fully saturated rings. The Balaban J connectivity index is 2.28. The summed E-state index contributed by atoms with van der Waals surface area (Å²) >= 11 is 4.75. The Morgan fingerprint density at radius 2 is 2.00 bits per heavy atom. The van der Waals surface area contributed by atoms with Crippen LogP contribution in [0.3, 0.4) is 0 Å². The average Bonchev–Trinajstić information content (AvgIpc) is 2.25. The van der Waals surface area contributed by atoms with Crippen molar-refractivity contribution < 1.29 is 9.84 Å². The minimum atomic E-state index is 0.0573. The first-order chi connectivity index (χ1) is 7.22. The van der Waals surface area contributed by atoms with Gasteiger partial charge in [-0.1, -0.05) is 24.4 Å². The Kier molecular flexibility index (Phi) is 5.07. The van der Waals surface area contributed by atoms with Gasteiger partial charge in [0, 0.05) is 6.42 Å². The van der Waals surface area contributed by atoms with Crippen molar-refractivity contribution in [1.82, 2.24) is 0 Å². The summed E-state index contributed by atoms with van der Waals surface area (Å²) in [6, 6.07) is 7.35. The van der Waals surface area contributed by atoms with Gasteiger partial charge in [0.2, 0.25) is 0 Å². The molecule has 1 aromatic rings. The van der Waals surface area contributed by atoms with E-state index >= 15 is 0 Å². The maximum Gasteiger partial charge on any atom is 0.119 e. The van der Waals surface area contributed by atoms with Crippen LogP contribution >= 0.6 is 12.2 Å². The predicted octanol–water partition coefficient (Wildman–Crippen LogP) is 1.62. The molecule has 3 N–H and O–H groups in total. The molecule has 0 spiro atoms. The normalized spacial score (nSPS) is 9.93. The third kappa shape index (κ3) is 4.76. The molecule has 3 nitrogen and oxygen atoms in total. The van der Waals surface area contributed by atoms with Crippen LogP contribution in [-0.4, -0.2) is 16.7 Å². The van der Waals surface area contributed by atoms with E-state index in [-0.39, 0.29) is 6.61 Å². The van der Waals surface area contributed by atoms with Gasteiger partial charge in [0.05, 0.1) is 18.2 Å². The lowest BCUT2D eigenvalue weighted by Crippen LogP contribution is -2.09. The van der Waals surface area contributed by atoms with Crippen LogP contribution in [0, 0.1) is 0 Å². The lowest BCUT2D eigenvalue weighted by molar-refractivity contribution is 0.281. The molecular weight excluding hydrogens is 210 g/mol. The highest BCUT2D eigenvalue weighted by Gasteiger charge is 1.95. The third-order valence-electron chi connectivity index (χ3n) is 1.94. The van der Waals surface area contributed by atoms with Crippen molar-refractivity contribution in [3.05, 3.63) is 29.8 Å². The van der Waals surface area contributed by atoms with E-state index in [4.69, 9.17) is 27.8 Å². The molecular formula is C11H15NO2S. The molecule has 4 heteroatoms. The SMILES string of the molecule is NC(=S)CCCOc1ccc(CO)cc1. The quantitative estimate of drug-likeness (QED) is 0.570. The first-order valence-corrected chi connectivity index (χ1v) is 5.24. The number of hydrogen-bond donors (Lipinski definition) is 2. The van der Waals surface area contributed by atoms with Crippen molar-refractivity contribution >= 4 is 17.2 Å². The minimum absolute atomic E-state index is 0.0573. The summed E-state index contributed by atoms with van der Waals surface area (Å²) in [6.45, 7) is 0.664. The second-order valence-electron chi connectivity index (χ2n) is 3.22. The number of benzene rings is 1. The Bertz CT molecular complexity index is 311. The molecule has 0 aliphatic heterocycles. The standard InChI is InChI=1S/C11H15NO2S/c12-11(15)2-1-7-14-10-5-3-9(8-13)4-6-10/h3-6,13H,1-2,7-8H2,(H2,12,15). The van der Waals surface area contributed by atoms with Crippen LogP contribution in [0.4, 0.5) is 0 Å². The molecule has 1 rings (SSSR count). The molecule has 1 aromatic carbocycles. The zero-order valence-corrected chi connectivity index (χ0v) is 9.30. The summed E-state index contributed by atoms with van der Waals surface area (Å²) in [6.07, 6.45) is 1.54. The van der Waals surface area contributed by atoms with Crippen LogP contribution in [0.25, 0.3) is 0 Å². The summed E-state index contributed by atoms with van der Waals surface area (Å²) in [5.41, 5.74) is 6.24. The highest BCUT2D eigenvalue weighted by Crippen LogP contribution is 2.12. The Morgan fingerprint density at radius 3 is 2.53 bits per heavy atom. The molecule has 15 heavy (non-hydrogen) atoms. The summed E-state index contributed by atoms with van der Waals surface area (Å²) in [7, 11) is 0. The van der Waals surface area contributed by atoms with Crippen molar-refractivity contribution in [1.29, 1.82) is 0 Å². The van der Waals surface area contributed by atoms with Crippen LogP contribution in [0.15, 0.2) is 24.3 Å². The summed E-state index contributed by atoms with van der Waals surface area (Å²) in [5.74, 6) is 0.801. The highest BCUT2D eigenvalue weighted by atomic mass is 32.1. The number of nitrogens with two attached hydrogens (primary N) is 1. The lowest BCUT2D eigenvalue weighted by Gasteiger charge is -2.05. The summed E-state index contributed by atoms with van der Waals surface area (Å²) in [4.78, 5) is 0.522. The molecule has 0 atom stereocenters. The van der Waals surface area contributed by atoms with Crippen LogP contribution in [0.5, 0.6) is 5.75 Å². The molecule has 0 radical (unpaired) electrons. The van der Waals surface area contributed by atoms with E-state index in [1.165, 1.54) is 0 Å². The summed E-state index contributed by atoms with van der Waals surface area (Å²) < 4.78 is 5.46. The first kappa shape index (κ1) is 11.9. The van der Waals surface area contributed by atoms with Gasteiger partial charge in [0.1, 0.15) is 5.75 Å². The Morgan fingerprint density at radius 1 is 1.33 bits per heavy atom. The fourth-order valence-electron chi connectivity index (χ4n) is 1.13. The lowest BCUT2D eigenvalue weighted by atomic mass is 10.2. The van der Waals surface area contributed by atoms with Gasteiger partial charge >= 0.3 is 0 Å². The van der Waals surface area contributed by atoms with Crippen molar-refractivity contribution in [2.45, 2.75) is 19.4 Å². The van der Waals surface area contributed by atoms with E-state index in [1.807, 2.05) is 24.3 Å². The number of rotatable bonds is 6. The Labute approximate surface area is 94.9 Å². The molecule has 0 aromatic heterocycles. The van der Waals surface area contributed by atoms with E-state index < -0.39 is 0 Å². The molecule has 0 saturated carbocycles. The fourth-order valence-corrected chi connectivity index (χ4v) is 1.27. The number of ether oxygens (including phenoxy) is 1. The van der Waals surface area contributed by atoms with Gasteiger partial charge in [-0.15, -0.1) is 0 Å². The van der Waals surface area contributed by atoms with Gasteiger partial charge < -0.3 is 15.6 Å². The van der Waals surface area contributed by atoms with Gasteiger partial charge in [0.25, 0.3) is 0 Å². The number of aliphatic hydroxyl groups is 1. The second kappa shape index (κ2) is 6.37. The second-order valence-corrected chi connectivity index (χ2v) is 3.74. The first-order valence-electron chi connectivity index (χ1n) is 4.83. The molecule has 0 unspecified atom stereocenters. The van der Waals surface area contributed by atoms with Gasteiger partial charge in [-0.25, -0.2) is 0 Å². The van der Waals surface area contributed by atoms with E-state index in [2.05, 4.69) is 0 Å². The Hall–Kier alpha value is -1.13. The maximum atomic E-state index is 8.83. The van der Waals surface area contributed by atoms with Gasteiger partial charge in [-0.2, -0.15) is 0 Å². The van der Waals surface area contributed by atoms with Crippen LogP contribution in [0.2, 0.25) is 0 Å². The third-order valence-corrected chi connectivity index (χ3v) is 2.15. The predicted molar refractivity (Wildman–Crippen MR) is 63.9 cm³/mol. The number of hydrogen-bond acceptors (Lipinski definition) is 3. The number of aliphatic hydroxyl groups excluding tert-OH is 1. The molecule has 0 saturated heterocycles. The smallest absolute Gasteiger partial charge is 0.119 e. The van der Waals surface area contributed by atoms with E-state index in [0.29, 0.717) is 18.0 Å². The largest absolute Gasteiger partial charge is 0.494 e. The fraction of sp³-hybridized carbons (Fsp3) is 0.364. The molecule has 0 aliphatic carbocycles. The molecule has 82 valence electrons. The van der Waals surface area contributed by atoms with Crippen molar-refractivity contribution in [3.8, 4) is 5.75 Å². The minimum Gasteiger partial charge on any atom is -0.494 e. The van der Waals surface area contributed by atoms with E-state index in [9.17, 15) is 0 Å². The van der Waals surface area contributed by atoms with E-state index in [1.54, 1.807) is 0 Å². The van der Waals surface area contributed by atoms with Crippen molar-refractivity contribution in [2.24, 2.45) is 5.73 Å². The van der Waals surface area contributed by atoms with Crippen LogP contribution < -0.4 is 10.5 Å². The van der Waals surface area contributed by atoms with E-state index in [0.717, 1.165) is 17.7 Å². The molecule has 0 amide bonds. The average molecular weight is 225 g/mol. The van der Waals surface area contributed by atoms with Gasteiger partial charge in [0.15, 0.2) is 0 Å². The van der Waals surface area contributed by atoms with Crippen LogP contribution in [-0.2, 0) is 6.61 Å². The van der Waals surface area contributed by atoms with Crippen molar-refractivity contribution in [3.63, 3.8) is 0 Å². The summed E-state index contributed by atoms with van der Waals surface area (Å²) in [5, 5.41) is 8.83. The molecule has 0 bridgehead atoms. The topological polar surface area (TPSA) is 55.5 Å². The van der Waals surface area contributed by atoms with Gasteiger partial charge in [-0.05, 0) is 24.1 Å².